The van der Waals surface area contributed by atoms with Gasteiger partial charge in [-0.25, -0.2) is 0 Å². The average Bonchev–Trinajstić information content (AvgIpc) is 3.07. The molecule has 1 aliphatic carbocycles. The van der Waals surface area contributed by atoms with Gasteiger partial charge in [-0.2, -0.15) is 0 Å². The summed E-state index contributed by atoms with van der Waals surface area (Å²) in [6, 6.07) is 0.624. The van der Waals surface area contributed by atoms with E-state index < -0.39 is 0 Å². The number of hydrogen-bond donors (Lipinski definition) is 1. The number of ether oxygens (including phenoxy) is 1. The minimum Gasteiger partial charge on any atom is -0.380 e. The van der Waals surface area contributed by atoms with Gasteiger partial charge in [0.2, 0.25) is 0 Å². The molecule has 1 rings (SSSR count). The van der Waals surface area contributed by atoms with Crippen molar-refractivity contribution in [2.45, 2.75) is 39.2 Å². The first-order valence-electron chi connectivity index (χ1n) is 6.75. The Balaban J connectivity index is 1.96. The molecule has 16 heavy (non-hydrogen) atoms. The molecular weight excluding hydrogens is 200 g/mol. The van der Waals surface area contributed by atoms with Gasteiger partial charge >= 0.3 is 0 Å². The van der Waals surface area contributed by atoms with Crippen LogP contribution in [0.2, 0.25) is 0 Å². The minimum absolute atomic E-state index is 0.624. The molecule has 0 aliphatic heterocycles. The van der Waals surface area contributed by atoms with E-state index in [1.165, 1.54) is 19.3 Å². The summed E-state index contributed by atoms with van der Waals surface area (Å²) in [5.41, 5.74) is 0. The lowest BCUT2D eigenvalue weighted by Gasteiger charge is -2.23. The number of nitrogens with zero attached hydrogens (tertiary/aromatic N) is 1. The monoisotopic (exact) mass is 228 g/mol. The third-order valence-corrected chi connectivity index (χ3v) is 3.19. The first-order chi connectivity index (χ1) is 7.76. The molecule has 0 amide bonds. The Morgan fingerprint density at radius 1 is 1.38 bits per heavy atom. The molecule has 0 saturated heterocycles. The van der Waals surface area contributed by atoms with Gasteiger partial charge in [0.25, 0.3) is 0 Å². The van der Waals surface area contributed by atoms with Crippen LogP contribution in [-0.2, 0) is 4.74 Å². The normalized spacial score (nSPS) is 18.0. The zero-order valence-electron chi connectivity index (χ0n) is 11.2. The predicted molar refractivity (Wildman–Crippen MR) is 68.8 cm³/mol. The smallest absolute Gasteiger partial charge is 0.0593 e. The summed E-state index contributed by atoms with van der Waals surface area (Å²) in [6.45, 7) is 9.51. The van der Waals surface area contributed by atoms with E-state index in [9.17, 15) is 0 Å². The third kappa shape index (κ3) is 6.46. The highest BCUT2D eigenvalue weighted by Crippen LogP contribution is 2.28. The van der Waals surface area contributed by atoms with Gasteiger partial charge in [0.1, 0.15) is 0 Å². The summed E-state index contributed by atoms with van der Waals surface area (Å²) in [5.74, 6) is 0.885. The fourth-order valence-corrected chi connectivity index (χ4v) is 1.85. The largest absolute Gasteiger partial charge is 0.380 e. The first kappa shape index (κ1) is 13.9. The summed E-state index contributed by atoms with van der Waals surface area (Å²) < 4.78 is 5.64. The van der Waals surface area contributed by atoms with E-state index in [0.717, 1.165) is 38.8 Å². The zero-order chi connectivity index (χ0) is 11.8. The highest BCUT2D eigenvalue weighted by Gasteiger charge is 2.21. The van der Waals surface area contributed by atoms with Gasteiger partial charge in [0.05, 0.1) is 6.61 Å². The van der Waals surface area contributed by atoms with Crippen molar-refractivity contribution in [2.24, 2.45) is 5.92 Å². The van der Waals surface area contributed by atoms with Gasteiger partial charge in [0, 0.05) is 25.7 Å². The number of hydrogen-bond acceptors (Lipinski definition) is 3. The van der Waals surface area contributed by atoms with E-state index in [4.69, 9.17) is 4.74 Å². The van der Waals surface area contributed by atoms with Crippen LogP contribution in [0.15, 0.2) is 0 Å². The molecule has 1 saturated carbocycles. The van der Waals surface area contributed by atoms with Crippen molar-refractivity contribution < 1.29 is 4.74 Å². The van der Waals surface area contributed by atoms with E-state index in [-0.39, 0.29) is 0 Å². The lowest BCUT2D eigenvalue weighted by molar-refractivity contribution is 0.101. The van der Waals surface area contributed by atoms with Crippen LogP contribution in [0, 0.1) is 5.92 Å². The summed E-state index contributed by atoms with van der Waals surface area (Å²) in [7, 11) is 2.18. The van der Waals surface area contributed by atoms with E-state index >= 15 is 0 Å². The quantitative estimate of drug-likeness (QED) is 0.576. The lowest BCUT2D eigenvalue weighted by Crippen LogP contribution is -2.40. The van der Waals surface area contributed by atoms with Crippen molar-refractivity contribution in [3.63, 3.8) is 0 Å². The van der Waals surface area contributed by atoms with Gasteiger partial charge in [0.15, 0.2) is 0 Å². The standard InChI is InChI=1S/C13H28N2O/c1-4-13(14-5-2)10-15(3)8-9-16-11-12-6-7-12/h12-14H,4-11H2,1-3H3. The minimum atomic E-state index is 0.624. The van der Waals surface area contributed by atoms with Crippen LogP contribution in [0.25, 0.3) is 0 Å². The second kappa shape index (κ2) is 8.04. The maximum absolute atomic E-state index is 5.64. The Kier molecular flexibility index (Phi) is 7.01. The van der Waals surface area contributed by atoms with E-state index in [1.54, 1.807) is 0 Å². The zero-order valence-corrected chi connectivity index (χ0v) is 11.2. The number of likely N-dealkylation sites (N-methyl/N-ethyl adjacent to an activating group) is 2. The average molecular weight is 228 g/mol. The van der Waals surface area contributed by atoms with Crippen LogP contribution in [-0.4, -0.2) is 50.8 Å². The van der Waals surface area contributed by atoms with Crippen molar-refractivity contribution >= 4 is 0 Å². The fraction of sp³-hybridized carbons (Fsp3) is 1.00. The molecule has 1 fully saturated rings. The maximum atomic E-state index is 5.64. The summed E-state index contributed by atoms with van der Waals surface area (Å²) in [4.78, 5) is 2.36. The predicted octanol–water partition coefficient (Wildman–Crippen LogP) is 1.73. The molecule has 1 aliphatic rings. The van der Waals surface area contributed by atoms with Crippen LogP contribution in [0.3, 0.4) is 0 Å². The Bertz CT molecular complexity index is 171. The lowest BCUT2D eigenvalue weighted by atomic mass is 10.2. The molecule has 0 aromatic heterocycles. The highest BCUT2D eigenvalue weighted by atomic mass is 16.5. The van der Waals surface area contributed by atoms with E-state index in [2.05, 4.69) is 31.1 Å². The highest BCUT2D eigenvalue weighted by molar-refractivity contribution is 4.72. The molecule has 96 valence electrons. The second-order valence-corrected chi connectivity index (χ2v) is 4.94. The number of rotatable bonds is 10. The van der Waals surface area contributed by atoms with Crippen LogP contribution in [0.5, 0.6) is 0 Å². The Hall–Kier alpha value is -0.120. The summed E-state index contributed by atoms with van der Waals surface area (Å²) >= 11 is 0. The van der Waals surface area contributed by atoms with E-state index in [1.807, 2.05) is 0 Å². The van der Waals surface area contributed by atoms with Crippen molar-refractivity contribution in [1.82, 2.24) is 10.2 Å². The van der Waals surface area contributed by atoms with Gasteiger partial charge in [-0.1, -0.05) is 13.8 Å². The summed E-state index contributed by atoms with van der Waals surface area (Å²) in [6.07, 6.45) is 3.96. The SMILES string of the molecule is CCNC(CC)CN(C)CCOCC1CC1. The van der Waals surface area contributed by atoms with Crippen molar-refractivity contribution in [3.8, 4) is 0 Å². The van der Waals surface area contributed by atoms with Gasteiger partial charge < -0.3 is 15.0 Å². The molecule has 1 unspecified atom stereocenters. The summed E-state index contributed by atoms with van der Waals surface area (Å²) in [5, 5.41) is 3.50. The molecular formula is C13H28N2O. The Morgan fingerprint density at radius 2 is 2.12 bits per heavy atom. The molecule has 1 N–H and O–H groups in total. The van der Waals surface area contributed by atoms with Gasteiger partial charge in [-0.05, 0) is 38.8 Å². The molecule has 0 spiro atoms. The molecule has 3 nitrogen and oxygen atoms in total. The van der Waals surface area contributed by atoms with Crippen molar-refractivity contribution in [3.05, 3.63) is 0 Å². The van der Waals surface area contributed by atoms with Gasteiger partial charge in [-0.3, -0.25) is 0 Å². The van der Waals surface area contributed by atoms with Crippen molar-refractivity contribution in [2.75, 3.05) is 39.9 Å². The molecule has 1 atom stereocenters. The van der Waals surface area contributed by atoms with Crippen LogP contribution in [0.4, 0.5) is 0 Å². The second-order valence-electron chi connectivity index (χ2n) is 4.94. The van der Waals surface area contributed by atoms with Crippen molar-refractivity contribution in [1.29, 1.82) is 0 Å². The van der Waals surface area contributed by atoms with Crippen LogP contribution >= 0.6 is 0 Å². The molecule has 0 radical (unpaired) electrons. The Morgan fingerprint density at radius 3 is 2.69 bits per heavy atom. The number of nitrogens with one attached hydrogen (secondary N) is 1. The molecule has 0 aromatic rings. The van der Waals surface area contributed by atoms with Gasteiger partial charge in [-0.15, -0.1) is 0 Å². The topological polar surface area (TPSA) is 24.5 Å². The molecule has 0 heterocycles. The third-order valence-electron chi connectivity index (χ3n) is 3.19. The fourth-order valence-electron chi connectivity index (χ4n) is 1.85. The molecule has 0 aromatic carbocycles. The van der Waals surface area contributed by atoms with E-state index in [0.29, 0.717) is 6.04 Å². The van der Waals surface area contributed by atoms with Crippen LogP contribution in [0.1, 0.15) is 33.1 Å². The Labute approximate surface area is 101 Å². The molecule has 0 bridgehead atoms. The maximum Gasteiger partial charge on any atom is 0.0593 e. The molecule has 3 heteroatoms. The van der Waals surface area contributed by atoms with Crippen LogP contribution < -0.4 is 5.32 Å². The first-order valence-corrected chi connectivity index (χ1v) is 6.75.